The highest BCUT2D eigenvalue weighted by Gasteiger charge is 2.48. The monoisotopic (exact) mass is 342 g/mol. The summed E-state index contributed by atoms with van der Waals surface area (Å²) in [4.78, 5) is 19.4. The maximum Gasteiger partial charge on any atom is 0.232 e. The largest absolute Gasteiger partial charge is 0.469 e. The summed E-state index contributed by atoms with van der Waals surface area (Å²) in [6, 6.07) is 11.7. The van der Waals surface area contributed by atoms with Crippen LogP contribution in [0, 0.1) is 5.92 Å². The second kappa shape index (κ2) is 6.37. The average Bonchev–Trinajstić information content (AvgIpc) is 3.03. The molecule has 0 N–H and O–H groups in total. The van der Waals surface area contributed by atoms with Crippen LogP contribution in [0.4, 0.5) is 5.13 Å². The quantitative estimate of drug-likeness (QED) is 0.686. The number of amides is 1. The number of para-hydroxylation sites is 1. The summed E-state index contributed by atoms with van der Waals surface area (Å²) in [5, 5.41) is 0.739. The molecule has 3 aromatic rings. The van der Waals surface area contributed by atoms with Crippen molar-refractivity contribution in [2.24, 2.45) is 5.92 Å². The van der Waals surface area contributed by atoms with Crippen molar-refractivity contribution in [1.29, 1.82) is 0 Å². The predicted octanol–water partition coefficient (Wildman–Crippen LogP) is 3.67. The van der Waals surface area contributed by atoms with Gasteiger partial charge in [0.05, 0.1) is 29.6 Å². The summed E-state index contributed by atoms with van der Waals surface area (Å²) >= 11 is 1.54. The molecular weight excluding hydrogens is 324 g/mol. The number of aromatic nitrogens is 1. The molecule has 2 aromatic heterocycles. The molecule has 2 heterocycles. The van der Waals surface area contributed by atoms with Crippen molar-refractivity contribution in [3.05, 3.63) is 48.4 Å². The van der Waals surface area contributed by atoms with Gasteiger partial charge in [-0.05, 0) is 30.7 Å². The molecule has 4 rings (SSSR count). The van der Waals surface area contributed by atoms with E-state index in [0.717, 1.165) is 27.5 Å². The van der Waals surface area contributed by atoms with E-state index in [0.29, 0.717) is 13.2 Å². The maximum atomic E-state index is 13.0. The molecule has 0 radical (unpaired) electrons. The van der Waals surface area contributed by atoms with Crippen molar-refractivity contribution in [3.8, 4) is 0 Å². The molecule has 0 spiro atoms. The Morgan fingerprint density at radius 2 is 2.25 bits per heavy atom. The van der Waals surface area contributed by atoms with Crippen LogP contribution in [0.25, 0.3) is 10.2 Å². The van der Waals surface area contributed by atoms with E-state index >= 15 is 0 Å². The van der Waals surface area contributed by atoms with Crippen molar-refractivity contribution in [1.82, 2.24) is 4.98 Å². The summed E-state index contributed by atoms with van der Waals surface area (Å²) in [7, 11) is 1.64. The number of hydrogen-bond donors (Lipinski definition) is 0. The number of carbonyl (C=O) groups is 1. The van der Waals surface area contributed by atoms with Crippen LogP contribution in [-0.4, -0.2) is 31.2 Å². The number of benzene rings is 1. The van der Waals surface area contributed by atoms with Gasteiger partial charge in [0, 0.05) is 18.9 Å². The van der Waals surface area contributed by atoms with E-state index in [4.69, 9.17) is 9.15 Å². The van der Waals surface area contributed by atoms with Crippen molar-refractivity contribution in [2.75, 3.05) is 25.2 Å². The minimum atomic E-state index is -0.0278. The first-order valence-corrected chi connectivity index (χ1v) is 8.79. The Hall–Kier alpha value is -2.18. The number of rotatable bonds is 6. The second-order valence-electron chi connectivity index (χ2n) is 5.91. The van der Waals surface area contributed by atoms with Gasteiger partial charge in [0.25, 0.3) is 0 Å². The fraction of sp³-hybridized carbons (Fsp3) is 0.333. The molecule has 1 saturated carbocycles. The van der Waals surface area contributed by atoms with Crippen molar-refractivity contribution >= 4 is 32.6 Å². The van der Waals surface area contributed by atoms with Gasteiger partial charge >= 0.3 is 0 Å². The van der Waals surface area contributed by atoms with E-state index in [1.165, 1.54) is 0 Å². The highest BCUT2D eigenvalue weighted by atomic mass is 32.1. The average molecular weight is 342 g/mol. The highest BCUT2D eigenvalue weighted by molar-refractivity contribution is 7.22. The number of ether oxygens (including phenoxy) is 1. The van der Waals surface area contributed by atoms with Crippen LogP contribution in [0.2, 0.25) is 0 Å². The lowest BCUT2D eigenvalue weighted by Gasteiger charge is -2.19. The molecule has 1 amide bonds. The molecule has 1 aliphatic carbocycles. The van der Waals surface area contributed by atoms with Gasteiger partial charge in [-0.3, -0.25) is 9.69 Å². The number of hydrogen-bond acceptors (Lipinski definition) is 5. The fourth-order valence-electron chi connectivity index (χ4n) is 2.94. The Bertz CT molecular complexity index is 810. The van der Waals surface area contributed by atoms with Crippen molar-refractivity contribution in [3.63, 3.8) is 0 Å². The molecule has 124 valence electrons. The molecule has 0 aliphatic heterocycles. The standard InChI is InChI=1S/C18H18N2O3S/c1-22-10-8-20(18-19-14-5-2-3-7-16(14)24-18)17(21)13-11-12(13)15-6-4-9-23-15/h2-7,9,12-13H,8,10-11H2,1H3/t12-,13-/m1/s1. The molecule has 1 fully saturated rings. The third kappa shape index (κ3) is 2.83. The first-order valence-electron chi connectivity index (χ1n) is 7.97. The van der Waals surface area contributed by atoms with Gasteiger partial charge in [0.2, 0.25) is 5.91 Å². The van der Waals surface area contributed by atoms with E-state index in [2.05, 4.69) is 4.98 Å². The Kier molecular flexibility index (Phi) is 4.08. The topological polar surface area (TPSA) is 55.6 Å². The lowest BCUT2D eigenvalue weighted by molar-refractivity contribution is -0.120. The molecule has 24 heavy (non-hydrogen) atoms. The van der Waals surface area contributed by atoms with Gasteiger partial charge in [-0.15, -0.1) is 0 Å². The van der Waals surface area contributed by atoms with Crippen LogP contribution in [0.3, 0.4) is 0 Å². The number of thiazole rings is 1. The number of carbonyl (C=O) groups excluding carboxylic acids is 1. The van der Waals surface area contributed by atoms with E-state index in [1.54, 1.807) is 29.6 Å². The van der Waals surface area contributed by atoms with Gasteiger partial charge in [-0.25, -0.2) is 4.98 Å². The molecule has 5 nitrogen and oxygen atoms in total. The molecule has 1 aliphatic rings. The molecule has 2 atom stereocenters. The first-order chi connectivity index (χ1) is 11.8. The molecule has 0 saturated heterocycles. The lowest BCUT2D eigenvalue weighted by atomic mass is 10.2. The zero-order valence-electron chi connectivity index (χ0n) is 13.3. The van der Waals surface area contributed by atoms with Gasteiger partial charge in [0.15, 0.2) is 5.13 Å². The van der Waals surface area contributed by atoms with Crippen molar-refractivity contribution in [2.45, 2.75) is 12.3 Å². The molecular formula is C18H18N2O3S. The summed E-state index contributed by atoms with van der Waals surface area (Å²) in [5.41, 5.74) is 0.922. The van der Waals surface area contributed by atoms with Gasteiger partial charge < -0.3 is 9.15 Å². The molecule has 0 bridgehead atoms. The number of methoxy groups -OCH3 is 1. The zero-order valence-corrected chi connectivity index (χ0v) is 14.2. The fourth-order valence-corrected chi connectivity index (χ4v) is 3.94. The number of furan rings is 1. The maximum absolute atomic E-state index is 13.0. The van der Waals surface area contributed by atoms with Crippen LogP contribution < -0.4 is 4.90 Å². The van der Waals surface area contributed by atoms with Crippen LogP contribution >= 0.6 is 11.3 Å². The number of nitrogens with zero attached hydrogens (tertiary/aromatic N) is 2. The summed E-state index contributed by atoms with van der Waals surface area (Å²) in [6.45, 7) is 0.996. The third-order valence-electron chi connectivity index (χ3n) is 4.31. The highest BCUT2D eigenvalue weighted by Crippen LogP contribution is 2.49. The van der Waals surface area contributed by atoms with Gasteiger partial charge in [0.1, 0.15) is 5.76 Å². The minimum absolute atomic E-state index is 0.0278. The van der Waals surface area contributed by atoms with Crippen LogP contribution in [0.15, 0.2) is 47.1 Å². The van der Waals surface area contributed by atoms with Crippen LogP contribution in [0.5, 0.6) is 0 Å². The minimum Gasteiger partial charge on any atom is -0.469 e. The number of fused-ring (bicyclic) bond motifs is 1. The van der Waals surface area contributed by atoms with Gasteiger partial charge in [-0.1, -0.05) is 23.5 Å². The Morgan fingerprint density at radius 3 is 3.00 bits per heavy atom. The van der Waals surface area contributed by atoms with Crippen LogP contribution in [0.1, 0.15) is 18.1 Å². The SMILES string of the molecule is COCCN(C(=O)[C@@H]1C[C@H]1c1ccco1)c1nc2ccccc2s1. The Morgan fingerprint density at radius 1 is 1.38 bits per heavy atom. The van der Waals surface area contributed by atoms with E-state index in [9.17, 15) is 4.79 Å². The van der Waals surface area contributed by atoms with E-state index in [-0.39, 0.29) is 17.7 Å². The second-order valence-corrected chi connectivity index (χ2v) is 6.92. The summed E-state index contributed by atoms with van der Waals surface area (Å²) in [5.74, 6) is 1.16. The normalized spacial score (nSPS) is 19.5. The molecule has 0 unspecified atom stereocenters. The Labute approximate surface area is 143 Å². The third-order valence-corrected chi connectivity index (χ3v) is 5.37. The number of anilines is 1. The lowest BCUT2D eigenvalue weighted by Crippen LogP contribution is -2.35. The van der Waals surface area contributed by atoms with E-state index < -0.39 is 0 Å². The van der Waals surface area contributed by atoms with Crippen LogP contribution in [-0.2, 0) is 9.53 Å². The predicted molar refractivity (Wildman–Crippen MR) is 93.4 cm³/mol. The van der Waals surface area contributed by atoms with Crippen molar-refractivity contribution < 1.29 is 13.9 Å². The summed E-state index contributed by atoms with van der Waals surface area (Å²) in [6.07, 6.45) is 2.49. The van der Waals surface area contributed by atoms with E-state index in [1.807, 2.05) is 36.4 Å². The van der Waals surface area contributed by atoms with Gasteiger partial charge in [-0.2, -0.15) is 0 Å². The molecule has 1 aromatic carbocycles. The smallest absolute Gasteiger partial charge is 0.232 e. The molecule has 6 heteroatoms. The first kappa shape index (κ1) is 15.4. The Balaban J connectivity index is 1.58. The zero-order chi connectivity index (χ0) is 16.5. The summed E-state index contributed by atoms with van der Waals surface area (Å²) < 4.78 is 11.7.